The first-order chi connectivity index (χ1) is 16.1. The zero-order chi connectivity index (χ0) is 25.0. The number of hydrogen-bond acceptors (Lipinski definition) is 5. The van der Waals surface area contributed by atoms with Gasteiger partial charge in [0.05, 0.1) is 19.1 Å². The second kappa shape index (κ2) is 10.3. The highest BCUT2D eigenvalue weighted by Crippen LogP contribution is 2.25. The van der Waals surface area contributed by atoms with Gasteiger partial charge in [0.2, 0.25) is 0 Å². The van der Waals surface area contributed by atoms with E-state index < -0.39 is 23.6 Å². The lowest BCUT2D eigenvalue weighted by atomic mass is 10.0. The fourth-order valence-electron chi connectivity index (χ4n) is 3.90. The summed E-state index contributed by atoms with van der Waals surface area (Å²) in [6.07, 6.45) is 1.37. The number of aromatic nitrogens is 2. The Morgan fingerprint density at radius 2 is 1.79 bits per heavy atom. The minimum absolute atomic E-state index is 0.105. The molecule has 0 spiro atoms. The van der Waals surface area contributed by atoms with Crippen molar-refractivity contribution >= 4 is 17.7 Å². The van der Waals surface area contributed by atoms with Crippen LogP contribution in [0.4, 0.5) is 10.5 Å². The summed E-state index contributed by atoms with van der Waals surface area (Å²) < 4.78 is 8.43. The average molecular weight is 467 g/mol. The predicted octanol–water partition coefficient (Wildman–Crippen LogP) is 3.62. The number of rotatable bonds is 7. The Kier molecular flexibility index (Phi) is 7.45. The van der Waals surface area contributed by atoms with Crippen molar-refractivity contribution in [3.63, 3.8) is 0 Å². The van der Waals surface area contributed by atoms with Crippen LogP contribution in [0.1, 0.15) is 41.9 Å². The largest absolute Gasteiger partial charge is 0.505 e. The molecule has 0 aliphatic heterocycles. The molecule has 9 nitrogen and oxygen atoms in total. The quantitative estimate of drug-likeness (QED) is 0.460. The average Bonchev–Trinajstić information content (AvgIpc) is 3.13. The number of aryl methyl sites for hydroxylation is 4. The number of esters is 1. The Morgan fingerprint density at radius 3 is 2.44 bits per heavy atom. The van der Waals surface area contributed by atoms with E-state index in [4.69, 9.17) is 4.74 Å². The number of carbonyl (C=O) groups excluding carboxylic acids is 2. The number of benzene rings is 1. The van der Waals surface area contributed by atoms with Gasteiger partial charge >= 0.3 is 12.0 Å². The van der Waals surface area contributed by atoms with Crippen LogP contribution in [0.25, 0.3) is 5.69 Å². The summed E-state index contributed by atoms with van der Waals surface area (Å²) >= 11 is 0. The maximum absolute atomic E-state index is 12.8. The standard InChI is InChI=1S/C25H30N4O5/c1-6-34-21(30)13-20(18-8-7-9-19(12-18)29-16(3)10-11-17(29)4)26-25(33)27-22-23(31)15(2)14-28(5)24(22)32/h7-12,14,20,31H,6,13H2,1-5H3,(H2,26,27,33). The van der Waals surface area contributed by atoms with Crippen molar-refractivity contribution in [2.45, 2.75) is 40.2 Å². The Labute approximate surface area is 198 Å². The molecule has 3 aromatic rings. The third kappa shape index (κ3) is 5.31. The normalized spacial score (nSPS) is 11.7. The molecule has 3 rings (SSSR count). The van der Waals surface area contributed by atoms with Gasteiger partial charge in [0.1, 0.15) is 5.75 Å². The van der Waals surface area contributed by atoms with Gasteiger partial charge in [-0.05, 0) is 57.5 Å². The predicted molar refractivity (Wildman–Crippen MR) is 129 cm³/mol. The van der Waals surface area contributed by atoms with Gasteiger partial charge < -0.3 is 29.6 Å². The molecule has 0 radical (unpaired) electrons. The van der Waals surface area contributed by atoms with Crippen LogP contribution in [-0.2, 0) is 16.6 Å². The lowest BCUT2D eigenvalue weighted by Gasteiger charge is -2.21. The molecule has 2 aromatic heterocycles. The fraction of sp³-hybridized carbons (Fsp3) is 0.320. The third-order valence-corrected chi connectivity index (χ3v) is 5.55. The van der Waals surface area contributed by atoms with Crippen molar-refractivity contribution in [1.29, 1.82) is 0 Å². The summed E-state index contributed by atoms with van der Waals surface area (Å²) in [7, 11) is 1.53. The Hall–Kier alpha value is -4.01. The van der Waals surface area contributed by atoms with E-state index in [0.717, 1.165) is 17.1 Å². The van der Waals surface area contributed by atoms with Crippen LogP contribution in [0.5, 0.6) is 5.75 Å². The molecule has 0 fully saturated rings. The van der Waals surface area contributed by atoms with Gasteiger partial charge in [-0.25, -0.2) is 4.79 Å². The van der Waals surface area contributed by atoms with Crippen molar-refractivity contribution in [2.24, 2.45) is 7.05 Å². The number of hydrogen-bond donors (Lipinski definition) is 3. The highest BCUT2D eigenvalue weighted by molar-refractivity contribution is 5.91. The molecule has 1 atom stereocenters. The smallest absolute Gasteiger partial charge is 0.319 e. The Bertz CT molecular complexity index is 1260. The van der Waals surface area contributed by atoms with E-state index in [1.807, 2.05) is 50.2 Å². The number of anilines is 1. The van der Waals surface area contributed by atoms with E-state index in [-0.39, 0.29) is 24.5 Å². The van der Waals surface area contributed by atoms with Gasteiger partial charge in [-0.15, -0.1) is 0 Å². The molecule has 0 aliphatic rings. The maximum atomic E-state index is 12.8. The molecular formula is C25H30N4O5. The minimum Gasteiger partial charge on any atom is -0.505 e. The summed E-state index contributed by atoms with van der Waals surface area (Å²) in [5, 5.41) is 15.5. The van der Waals surface area contributed by atoms with Gasteiger partial charge in [0.25, 0.3) is 5.56 Å². The molecular weight excluding hydrogens is 436 g/mol. The first-order valence-corrected chi connectivity index (χ1v) is 11.0. The van der Waals surface area contributed by atoms with Crippen molar-refractivity contribution in [1.82, 2.24) is 14.5 Å². The summed E-state index contributed by atoms with van der Waals surface area (Å²) in [5.41, 5.74) is 3.32. The number of nitrogens with one attached hydrogen (secondary N) is 2. The van der Waals surface area contributed by atoms with E-state index in [1.54, 1.807) is 13.8 Å². The molecule has 9 heteroatoms. The molecule has 0 saturated heterocycles. The molecule has 0 bridgehead atoms. The van der Waals surface area contributed by atoms with Gasteiger partial charge in [0.15, 0.2) is 5.69 Å². The van der Waals surface area contributed by atoms with Crippen molar-refractivity contribution in [3.05, 3.63) is 75.5 Å². The van der Waals surface area contributed by atoms with Crippen LogP contribution in [0.2, 0.25) is 0 Å². The zero-order valence-corrected chi connectivity index (χ0v) is 20.0. The summed E-state index contributed by atoms with van der Waals surface area (Å²) in [6.45, 7) is 7.54. The highest BCUT2D eigenvalue weighted by Gasteiger charge is 2.22. The lowest BCUT2D eigenvalue weighted by molar-refractivity contribution is -0.143. The van der Waals surface area contributed by atoms with Gasteiger partial charge in [-0.1, -0.05) is 12.1 Å². The Balaban J connectivity index is 1.92. The topological polar surface area (TPSA) is 115 Å². The van der Waals surface area contributed by atoms with Gasteiger partial charge in [-0.3, -0.25) is 9.59 Å². The lowest BCUT2D eigenvalue weighted by Crippen LogP contribution is -2.36. The van der Waals surface area contributed by atoms with Crippen LogP contribution in [-0.4, -0.2) is 32.8 Å². The van der Waals surface area contributed by atoms with Crippen LogP contribution in [0, 0.1) is 20.8 Å². The van der Waals surface area contributed by atoms with E-state index in [2.05, 4.69) is 15.2 Å². The molecule has 180 valence electrons. The second-order valence-electron chi connectivity index (χ2n) is 8.16. The fourth-order valence-corrected chi connectivity index (χ4v) is 3.90. The number of nitrogens with zero attached hydrogens (tertiary/aromatic N) is 2. The second-order valence-corrected chi connectivity index (χ2v) is 8.16. The molecule has 0 aliphatic carbocycles. The zero-order valence-electron chi connectivity index (χ0n) is 20.0. The number of carbonyl (C=O) groups is 2. The van der Waals surface area contributed by atoms with E-state index in [9.17, 15) is 19.5 Å². The Morgan fingerprint density at radius 1 is 1.12 bits per heavy atom. The monoisotopic (exact) mass is 466 g/mol. The molecule has 3 N–H and O–H groups in total. The third-order valence-electron chi connectivity index (χ3n) is 5.55. The number of ether oxygens (including phenoxy) is 1. The van der Waals surface area contributed by atoms with Gasteiger partial charge in [-0.2, -0.15) is 0 Å². The van der Waals surface area contributed by atoms with Crippen molar-refractivity contribution in [2.75, 3.05) is 11.9 Å². The molecule has 34 heavy (non-hydrogen) atoms. The molecule has 2 heterocycles. The maximum Gasteiger partial charge on any atom is 0.319 e. The first kappa shape index (κ1) is 24.6. The van der Waals surface area contributed by atoms with E-state index in [0.29, 0.717) is 11.1 Å². The number of amides is 2. The van der Waals surface area contributed by atoms with Gasteiger partial charge in [0, 0.05) is 35.9 Å². The summed E-state index contributed by atoms with van der Waals surface area (Å²) in [4.78, 5) is 37.6. The van der Waals surface area contributed by atoms with Crippen LogP contribution >= 0.6 is 0 Å². The van der Waals surface area contributed by atoms with Crippen LogP contribution in [0.15, 0.2) is 47.4 Å². The number of urea groups is 1. The number of aromatic hydroxyl groups is 1. The minimum atomic E-state index is -0.731. The first-order valence-electron chi connectivity index (χ1n) is 11.0. The number of pyridine rings is 1. The molecule has 1 unspecified atom stereocenters. The molecule has 2 amide bonds. The van der Waals surface area contributed by atoms with Crippen molar-refractivity contribution < 1.29 is 19.4 Å². The molecule has 1 aromatic carbocycles. The van der Waals surface area contributed by atoms with Crippen molar-refractivity contribution in [3.8, 4) is 11.4 Å². The van der Waals surface area contributed by atoms with Crippen LogP contribution < -0.4 is 16.2 Å². The summed E-state index contributed by atoms with van der Waals surface area (Å²) in [6, 6.07) is 10.1. The highest BCUT2D eigenvalue weighted by atomic mass is 16.5. The summed E-state index contributed by atoms with van der Waals surface area (Å²) in [5.74, 6) is -0.776. The SMILES string of the molecule is CCOC(=O)CC(NC(=O)Nc1c(O)c(C)cn(C)c1=O)c1cccc(-n2c(C)ccc2C)c1. The van der Waals surface area contributed by atoms with Crippen LogP contribution in [0.3, 0.4) is 0 Å². The molecule has 0 saturated carbocycles. The van der Waals surface area contributed by atoms with E-state index >= 15 is 0 Å². The van der Waals surface area contributed by atoms with E-state index in [1.165, 1.54) is 17.8 Å².